The first-order chi connectivity index (χ1) is 7.34. The Hall–Kier alpha value is -0.880. The van der Waals surface area contributed by atoms with Crippen LogP contribution < -0.4 is 0 Å². The highest BCUT2D eigenvalue weighted by Crippen LogP contribution is 2.39. The fourth-order valence-electron chi connectivity index (χ4n) is 2.01. The molecule has 0 bridgehead atoms. The minimum absolute atomic E-state index is 0.396. The van der Waals surface area contributed by atoms with Gasteiger partial charge in [-0.2, -0.15) is 5.26 Å². The standard InChI is InChI=1S/C13H18N2S/c1-12(2)6-5-9-10(7-12)16-11(15-9)13(3,4)8-14/h5-7H2,1-4H3. The molecule has 0 atom stereocenters. The van der Waals surface area contributed by atoms with E-state index in [1.54, 1.807) is 11.3 Å². The van der Waals surface area contributed by atoms with Crippen LogP contribution in [-0.2, 0) is 18.3 Å². The lowest BCUT2D eigenvalue weighted by molar-refractivity contribution is 0.316. The molecular weight excluding hydrogens is 216 g/mol. The van der Waals surface area contributed by atoms with E-state index >= 15 is 0 Å². The maximum Gasteiger partial charge on any atom is 0.113 e. The van der Waals surface area contributed by atoms with Gasteiger partial charge in [0.25, 0.3) is 0 Å². The lowest BCUT2D eigenvalue weighted by atomic mass is 9.79. The van der Waals surface area contributed by atoms with Crippen molar-refractivity contribution in [2.45, 2.75) is 52.4 Å². The van der Waals surface area contributed by atoms with Crippen LogP contribution in [0.2, 0.25) is 0 Å². The average Bonchev–Trinajstić information content (AvgIpc) is 2.59. The van der Waals surface area contributed by atoms with Crippen molar-refractivity contribution in [3.63, 3.8) is 0 Å². The predicted octanol–water partition coefficient (Wildman–Crippen LogP) is 3.46. The van der Waals surface area contributed by atoms with Gasteiger partial charge in [0.1, 0.15) is 10.4 Å². The Balaban J connectivity index is 2.37. The van der Waals surface area contributed by atoms with Gasteiger partial charge in [-0.1, -0.05) is 13.8 Å². The predicted molar refractivity (Wildman–Crippen MR) is 66.6 cm³/mol. The van der Waals surface area contributed by atoms with E-state index < -0.39 is 5.41 Å². The van der Waals surface area contributed by atoms with E-state index in [-0.39, 0.29) is 0 Å². The summed E-state index contributed by atoms with van der Waals surface area (Å²) in [5.74, 6) is 0. The van der Waals surface area contributed by atoms with Crippen LogP contribution in [-0.4, -0.2) is 4.98 Å². The summed E-state index contributed by atoms with van der Waals surface area (Å²) in [6, 6.07) is 2.34. The van der Waals surface area contributed by atoms with Gasteiger partial charge < -0.3 is 0 Å². The van der Waals surface area contributed by atoms with Gasteiger partial charge in [0, 0.05) is 4.88 Å². The van der Waals surface area contributed by atoms with Gasteiger partial charge in [-0.15, -0.1) is 11.3 Å². The van der Waals surface area contributed by atoms with Gasteiger partial charge in [-0.05, 0) is 38.5 Å². The summed E-state index contributed by atoms with van der Waals surface area (Å²) in [5.41, 5.74) is 1.20. The molecule has 1 aliphatic carbocycles. The molecule has 2 nitrogen and oxygen atoms in total. The van der Waals surface area contributed by atoms with E-state index in [2.05, 4.69) is 24.9 Å². The van der Waals surface area contributed by atoms with E-state index in [4.69, 9.17) is 5.26 Å². The van der Waals surface area contributed by atoms with Gasteiger partial charge in [0.2, 0.25) is 0 Å². The average molecular weight is 234 g/mol. The first-order valence-corrected chi connectivity index (χ1v) is 6.56. The molecule has 0 aliphatic heterocycles. The molecule has 0 unspecified atom stereocenters. The van der Waals surface area contributed by atoms with Crippen molar-refractivity contribution in [2.75, 3.05) is 0 Å². The maximum atomic E-state index is 9.13. The first kappa shape index (κ1) is 11.6. The zero-order chi connectivity index (χ0) is 12.0. The van der Waals surface area contributed by atoms with Gasteiger partial charge >= 0.3 is 0 Å². The lowest BCUT2D eigenvalue weighted by Gasteiger charge is -2.28. The number of nitriles is 1. The summed E-state index contributed by atoms with van der Waals surface area (Å²) < 4.78 is 0. The molecule has 0 fully saturated rings. The Morgan fingerprint density at radius 3 is 2.75 bits per heavy atom. The third-order valence-corrected chi connectivity index (χ3v) is 4.69. The van der Waals surface area contributed by atoms with Gasteiger partial charge in [-0.25, -0.2) is 4.98 Å². The summed E-state index contributed by atoms with van der Waals surface area (Å²) >= 11 is 1.74. The molecule has 0 amide bonds. The van der Waals surface area contributed by atoms with Crippen LogP contribution in [0.3, 0.4) is 0 Å². The molecule has 0 aromatic carbocycles. The monoisotopic (exact) mass is 234 g/mol. The second-order valence-electron chi connectivity index (χ2n) is 5.97. The van der Waals surface area contributed by atoms with Crippen LogP contribution in [0.25, 0.3) is 0 Å². The van der Waals surface area contributed by atoms with Crippen molar-refractivity contribution >= 4 is 11.3 Å². The van der Waals surface area contributed by atoms with Crippen LogP contribution in [0.5, 0.6) is 0 Å². The van der Waals surface area contributed by atoms with Crippen molar-refractivity contribution in [1.29, 1.82) is 5.26 Å². The number of hydrogen-bond acceptors (Lipinski definition) is 3. The second-order valence-corrected chi connectivity index (χ2v) is 7.05. The molecule has 16 heavy (non-hydrogen) atoms. The fourth-order valence-corrected chi connectivity index (χ4v) is 3.43. The third-order valence-electron chi connectivity index (χ3n) is 3.27. The van der Waals surface area contributed by atoms with Crippen LogP contribution >= 0.6 is 11.3 Å². The number of thiazole rings is 1. The van der Waals surface area contributed by atoms with Crippen molar-refractivity contribution in [1.82, 2.24) is 4.98 Å². The summed E-state index contributed by atoms with van der Waals surface area (Å²) in [4.78, 5) is 6.05. The molecule has 0 spiro atoms. The number of fused-ring (bicyclic) bond motifs is 1. The highest BCUT2D eigenvalue weighted by atomic mass is 32.1. The SMILES string of the molecule is CC1(C)CCc2nc(C(C)(C)C#N)sc2C1. The molecule has 0 saturated carbocycles. The summed E-state index contributed by atoms with van der Waals surface area (Å²) in [7, 11) is 0. The molecular formula is C13H18N2S. The molecule has 0 radical (unpaired) electrons. The highest BCUT2D eigenvalue weighted by molar-refractivity contribution is 7.12. The first-order valence-electron chi connectivity index (χ1n) is 5.74. The zero-order valence-corrected chi connectivity index (χ0v) is 11.2. The van der Waals surface area contributed by atoms with Gasteiger partial charge in [0.15, 0.2) is 0 Å². The van der Waals surface area contributed by atoms with Gasteiger partial charge in [-0.3, -0.25) is 0 Å². The highest BCUT2D eigenvalue weighted by Gasteiger charge is 2.31. The molecule has 2 rings (SSSR count). The Morgan fingerprint density at radius 2 is 2.12 bits per heavy atom. The zero-order valence-electron chi connectivity index (χ0n) is 10.4. The van der Waals surface area contributed by atoms with Crippen LogP contribution in [0.15, 0.2) is 0 Å². The molecule has 1 heterocycles. The minimum atomic E-state index is -0.438. The molecule has 0 saturated heterocycles. The quantitative estimate of drug-likeness (QED) is 0.746. The molecule has 1 aliphatic rings. The van der Waals surface area contributed by atoms with Crippen LogP contribution in [0.4, 0.5) is 0 Å². The Bertz CT molecular complexity index is 449. The molecule has 0 N–H and O–H groups in total. The van der Waals surface area contributed by atoms with Gasteiger partial charge in [0.05, 0.1) is 11.8 Å². The van der Waals surface area contributed by atoms with E-state index in [0.29, 0.717) is 5.41 Å². The van der Waals surface area contributed by atoms with E-state index in [0.717, 1.165) is 17.8 Å². The smallest absolute Gasteiger partial charge is 0.113 e. The summed E-state index contributed by atoms with van der Waals surface area (Å²) in [5, 5.41) is 10.1. The number of rotatable bonds is 1. The van der Waals surface area contributed by atoms with E-state index in [1.165, 1.54) is 17.0 Å². The fraction of sp³-hybridized carbons (Fsp3) is 0.692. The number of aromatic nitrogens is 1. The topological polar surface area (TPSA) is 36.7 Å². The van der Waals surface area contributed by atoms with E-state index in [1.807, 2.05) is 13.8 Å². The van der Waals surface area contributed by atoms with Crippen LogP contribution in [0.1, 0.15) is 49.7 Å². The Morgan fingerprint density at radius 1 is 1.44 bits per heavy atom. The largest absolute Gasteiger partial charge is 0.244 e. The maximum absolute atomic E-state index is 9.13. The molecule has 1 aromatic rings. The van der Waals surface area contributed by atoms with Crippen LogP contribution in [0, 0.1) is 16.7 Å². The summed E-state index contributed by atoms with van der Waals surface area (Å²) in [6.45, 7) is 8.51. The third kappa shape index (κ3) is 1.99. The number of aryl methyl sites for hydroxylation is 1. The number of nitrogens with zero attached hydrogens (tertiary/aromatic N) is 2. The number of hydrogen-bond donors (Lipinski definition) is 0. The van der Waals surface area contributed by atoms with Crippen molar-refractivity contribution in [3.05, 3.63) is 15.6 Å². The normalized spacial score (nSPS) is 18.9. The minimum Gasteiger partial charge on any atom is -0.244 e. The van der Waals surface area contributed by atoms with Crippen molar-refractivity contribution in [2.24, 2.45) is 5.41 Å². The van der Waals surface area contributed by atoms with E-state index in [9.17, 15) is 0 Å². The molecule has 3 heteroatoms. The molecule has 1 aromatic heterocycles. The second kappa shape index (κ2) is 3.56. The summed E-state index contributed by atoms with van der Waals surface area (Å²) in [6.07, 6.45) is 3.39. The lowest BCUT2D eigenvalue weighted by Crippen LogP contribution is -2.21. The Labute approximate surface area is 101 Å². The Kier molecular flexibility index (Phi) is 2.58. The van der Waals surface area contributed by atoms with Crippen molar-refractivity contribution in [3.8, 4) is 6.07 Å². The van der Waals surface area contributed by atoms with Crippen molar-refractivity contribution < 1.29 is 0 Å². The molecule has 86 valence electrons.